The Morgan fingerprint density at radius 2 is 1.82 bits per heavy atom. The highest BCUT2D eigenvalue weighted by molar-refractivity contribution is 6.07. The number of aromatic hydroxyl groups is 1. The summed E-state index contributed by atoms with van der Waals surface area (Å²) in [6.07, 6.45) is 1.52. The van der Waals surface area contributed by atoms with Gasteiger partial charge in [-0.2, -0.15) is 5.10 Å². The number of carbonyl (C=O) groups is 1. The molecule has 3 aromatic carbocycles. The van der Waals surface area contributed by atoms with E-state index in [1.165, 1.54) is 6.20 Å². The van der Waals surface area contributed by atoms with Crippen LogP contribution in [0, 0.1) is 0 Å². The summed E-state index contributed by atoms with van der Waals surface area (Å²) in [6, 6.07) is 16.8. The Morgan fingerprint density at radius 3 is 2.62 bits per heavy atom. The van der Waals surface area contributed by atoms with Crippen LogP contribution in [0.15, 0.2) is 76.4 Å². The molecule has 34 heavy (non-hydrogen) atoms. The molecule has 2 aromatic heterocycles. The Hall–Kier alpha value is -4.99. The van der Waals surface area contributed by atoms with Crippen molar-refractivity contribution in [1.82, 2.24) is 15.2 Å². The molecule has 168 valence electrons. The molecule has 10 nitrogen and oxygen atoms in total. The second-order valence-corrected chi connectivity index (χ2v) is 7.56. The first-order valence-corrected chi connectivity index (χ1v) is 10.3. The fraction of sp³-hybridized carbons (Fsp3) is 0.0417. The summed E-state index contributed by atoms with van der Waals surface area (Å²) in [4.78, 5) is 40.8. The standard InChI is InChI=1S/C24H18N6O4/c31-15-5-3-4-13(10-15)12-26-19-20(22(33)21(19)32)27-14-7-8-17-16(11-14)23(30-29-17)28-24(34)18-6-1-2-9-25-18/h1-11,26-27,31H,12H2,(H2,28,29,30,34). The monoisotopic (exact) mass is 454 g/mol. The lowest BCUT2D eigenvalue weighted by molar-refractivity contribution is 0.102. The number of aromatic amines is 1. The highest BCUT2D eigenvalue weighted by Gasteiger charge is 2.21. The third kappa shape index (κ3) is 3.95. The van der Waals surface area contributed by atoms with Gasteiger partial charge in [0.15, 0.2) is 5.82 Å². The number of aromatic nitrogens is 3. The number of phenols is 1. The van der Waals surface area contributed by atoms with Gasteiger partial charge in [0.05, 0.1) is 5.52 Å². The van der Waals surface area contributed by atoms with Crippen LogP contribution in [0.5, 0.6) is 5.75 Å². The Morgan fingerprint density at radius 1 is 0.971 bits per heavy atom. The van der Waals surface area contributed by atoms with Crippen LogP contribution in [0.3, 0.4) is 0 Å². The second kappa shape index (κ2) is 8.51. The Kier molecular flexibility index (Phi) is 5.23. The average Bonchev–Trinajstić information content (AvgIpc) is 3.25. The Bertz CT molecular complexity index is 1580. The van der Waals surface area contributed by atoms with Crippen LogP contribution in [0.2, 0.25) is 0 Å². The molecule has 5 aromatic rings. The highest BCUT2D eigenvalue weighted by Crippen LogP contribution is 2.28. The van der Waals surface area contributed by atoms with Gasteiger partial charge in [-0.05, 0) is 48.0 Å². The van der Waals surface area contributed by atoms with E-state index in [4.69, 9.17) is 0 Å². The highest BCUT2D eigenvalue weighted by atomic mass is 16.3. The molecular formula is C24H18N6O4. The van der Waals surface area contributed by atoms with Crippen LogP contribution in [0.4, 0.5) is 22.9 Å². The van der Waals surface area contributed by atoms with Crippen LogP contribution in [-0.2, 0) is 6.54 Å². The number of benzene rings is 2. The van der Waals surface area contributed by atoms with E-state index in [0.29, 0.717) is 22.4 Å². The molecule has 5 N–H and O–H groups in total. The van der Waals surface area contributed by atoms with E-state index in [0.717, 1.165) is 5.56 Å². The third-order valence-electron chi connectivity index (χ3n) is 5.25. The number of H-pyrrole nitrogens is 1. The minimum absolute atomic E-state index is 0.113. The van der Waals surface area contributed by atoms with E-state index in [1.54, 1.807) is 60.7 Å². The van der Waals surface area contributed by atoms with Crippen molar-refractivity contribution >= 4 is 39.7 Å². The van der Waals surface area contributed by atoms with Gasteiger partial charge < -0.3 is 21.1 Å². The van der Waals surface area contributed by atoms with Gasteiger partial charge in [0, 0.05) is 23.8 Å². The molecule has 5 rings (SSSR count). The number of anilines is 4. The number of hydrogen-bond acceptors (Lipinski definition) is 8. The van der Waals surface area contributed by atoms with Crippen molar-refractivity contribution in [3.05, 3.63) is 98.6 Å². The molecule has 0 aliphatic rings. The van der Waals surface area contributed by atoms with Crippen molar-refractivity contribution in [2.75, 3.05) is 16.0 Å². The maximum Gasteiger partial charge on any atom is 0.275 e. The summed E-state index contributed by atoms with van der Waals surface area (Å²) in [5, 5.41) is 25.9. The van der Waals surface area contributed by atoms with Gasteiger partial charge in [0.25, 0.3) is 16.8 Å². The van der Waals surface area contributed by atoms with Gasteiger partial charge in [-0.3, -0.25) is 24.5 Å². The maximum absolute atomic E-state index is 12.4. The van der Waals surface area contributed by atoms with Crippen molar-refractivity contribution in [2.45, 2.75) is 6.54 Å². The molecule has 0 aliphatic heterocycles. The van der Waals surface area contributed by atoms with Gasteiger partial charge in [0.2, 0.25) is 0 Å². The molecule has 0 unspecified atom stereocenters. The van der Waals surface area contributed by atoms with E-state index in [-0.39, 0.29) is 29.4 Å². The van der Waals surface area contributed by atoms with E-state index in [2.05, 4.69) is 31.1 Å². The SMILES string of the molecule is O=C(Nc1n[nH]c2ccc(Nc3c(NCc4cccc(O)c4)c(=O)c3=O)cc12)c1ccccn1. The number of phenolic OH excluding ortho intramolecular Hbond substituents is 1. The largest absolute Gasteiger partial charge is 0.508 e. The zero-order valence-corrected chi connectivity index (χ0v) is 17.6. The first-order valence-electron chi connectivity index (χ1n) is 10.3. The lowest BCUT2D eigenvalue weighted by atomic mass is 10.1. The maximum atomic E-state index is 12.4. The van der Waals surface area contributed by atoms with E-state index >= 15 is 0 Å². The number of carbonyl (C=O) groups excluding carboxylic acids is 1. The number of nitrogens with zero attached hydrogens (tertiary/aromatic N) is 2. The number of rotatable bonds is 7. The summed E-state index contributed by atoms with van der Waals surface area (Å²) in [5.41, 5.74) is 1.29. The van der Waals surface area contributed by atoms with Crippen molar-refractivity contribution < 1.29 is 9.90 Å². The zero-order chi connectivity index (χ0) is 23.7. The number of fused-ring (bicyclic) bond motifs is 1. The first kappa shape index (κ1) is 20.9. The summed E-state index contributed by atoms with van der Waals surface area (Å²) in [6.45, 7) is 0.262. The van der Waals surface area contributed by atoms with Crippen molar-refractivity contribution in [2.24, 2.45) is 0 Å². The molecule has 1 amide bonds. The van der Waals surface area contributed by atoms with Crippen molar-refractivity contribution in [3.8, 4) is 5.75 Å². The smallest absolute Gasteiger partial charge is 0.275 e. The van der Waals surface area contributed by atoms with Gasteiger partial charge >= 0.3 is 0 Å². The van der Waals surface area contributed by atoms with Crippen LogP contribution >= 0.6 is 0 Å². The zero-order valence-electron chi connectivity index (χ0n) is 17.6. The number of amides is 1. The van der Waals surface area contributed by atoms with Crippen LogP contribution in [0.25, 0.3) is 10.9 Å². The molecule has 2 heterocycles. The van der Waals surface area contributed by atoms with Crippen molar-refractivity contribution in [3.63, 3.8) is 0 Å². The molecule has 0 saturated heterocycles. The molecule has 0 atom stereocenters. The molecule has 10 heteroatoms. The molecular weight excluding hydrogens is 436 g/mol. The summed E-state index contributed by atoms with van der Waals surface area (Å²) in [7, 11) is 0. The van der Waals surface area contributed by atoms with Gasteiger partial charge in [-0.15, -0.1) is 0 Å². The topological polar surface area (TPSA) is 149 Å². The quantitative estimate of drug-likeness (QED) is 0.236. The minimum Gasteiger partial charge on any atom is -0.508 e. The average molecular weight is 454 g/mol. The minimum atomic E-state index is -0.630. The summed E-state index contributed by atoms with van der Waals surface area (Å²) >= 11 is 0. The molecule has 0 aliphatic carbocycles. The second-order valence-electron chi connectivity index (χ2n) is 7.56. The third-order valence-corrected chi connectivity index (χ3v) is 5.25. The molecule has 0 saturated carbocycles. The molecule has 0 radical (unpaired) electrons. The summed E-state index contributed by atoms with van der Waals surface area (Å²) in [5.74, 6) is 0.0109. The molecule has 0 fully saturated rings. The fourth-order valence-corrected chi connectivity index (χ4v) is 3.54. The number of pyridine rings is 1. The van der Waals surface area contributed by atoms with Crippen LogP contribution in [0.1, 0.15) is 16.1 Å². The molecule has 0 spiro atoms. The normalized spacial score (nSPS) is 10.9. The fourth-order valence-electron chi connectivity index (χ4n) is 3.54. The van der Waals surface area contributed by atoms with Crippen molar-refractivity contribution in [1.29, 1.82) is 0 Å². The Balaban J connectivity index is 1.36. The number of nitrogens with one attached hydrogen (secondary N) is 4. The van der Waals surface area contributed by atoms with E-state index < -0.39 is 16.8 Å². The summed E-state index contributed by atoms with van der Waals surface area (Å²) < 4.78 is 0. The van der Waals surface area contributed by atoms with Gasteiger partial charge in [-0.25, -0.2) is 0 Å². The van der Waals surface area contributed by atoms with E-state index in [1.807, 2.05) is 0 Å². The molecule has 0 bridgehead atoms. The number of hydrogen-bond donors (Lipinski definition) is 5. The predicted molar refractivity (Wildman–Crippen MR) is 128 cm³/mol. The lowest BCUT2D eigenvalue weighted by Crippen LogP contribution is -2.36. The van der Waals surface area contributed by atoms with E-state index in [9.17, 15) is 19.5 Å². The Labute approximate surface area is 192 Å². The first-order chi connectivity index (χ1) is 16.5. The van der Waals surface area contributed by atoms with Crippen LogP contribution in [-0.4, -0.2) is 26.2 Å². The lowest BCUT2D eigenvalue weighted by Gasteiger charge is -2.15. The van der Waals surface area contributed by atoms with Gasteiger partial charge in [0.1, 0.15) is 22.8 Å². The van der Waals surface area contributed by atoms with Crippen LogP contribution < -0.4 is 26.8 Å². The predicted octanol–water partition coefficient (Wildman–Crippen LogP) is 2.87. The van der Waals surface area contributed by atoms with Gasteiger partial charge in [-0.1, -0.05) is 18.2 Å².